The summed E-state index contributed by atoms with van der Waals surface area (Å²) in [6.45, 7) is 16.4. The Morgan fingerprint density at radius 1 is 1.09 bits per heavy atom. The number of ketones is 1. The van der Waals surface area contributed by atoms with Crippen LogP contribution in [0.2, 0.25) is 0 Å². The predicted octanol–water partition coefficient (Wildman–Crippen LogP) is 6.86. The van der Waals surface area contributed by atoms with E-state index in [4.69, 9.17) is 10.5 Å². The lowest BCUT2D eigenvalue weighted by Gasteiger charge is -2.29. The lowest BCUT2D eigenvalue weighted by atomic mass is 9.72. The van der Waals surface area contributed by atoms with Crippen molar-refractivity contribution in [2.45, 2.75) is 66.7 Å². The minimum absolute atomic E-state index is 0.153. The molecule has 3 nitrogen and oxygen atoms in total. The summed E-state index contributed by atoms with van der Waals surface area (Å²) in [7, 11) is 1.71. The average molecular weight is 450 g/mol. The lowest BCUT2D eigenvalue weighted by Crippen LogP contribution is -2.32. The highest BCUT2D eigenvalue weighted by Gasteiger charge is 2.34. The SMILES string of the molecule is C=C(C)N.CC.CC(F)F.COCCc1cc(C(C)(C(C)=O)c2ccccc2)ccc1C. The number of methoxy groups -OCH3 is 1. The first kappa shape index (κ1) is 31.7. The van der Waals surface area contributed by atoms with E-state index in [2.05, 4.69) is 31.7 Å². The van der Waals surface area contributed by atoms with Crippen LogP contribution in [-0.2, 0) is 21.4 Å². The lowest BCUT2D eigenvalue weighted by molar-refractivity contribution is -0.120. The molecule has 0 fully saturated rings. The highest BCUT2D eigenvalue weighted by Crippen LogP contribution is 2.34. The fraction of sp³-hybridized carbons (Fsp3) is 0.444. The van der Waals surface area contributed by atoms with Gasteiger partial charge >= 0.3 is 0 Å². The molecule has 0 aromatic heterocycles. The molecule has 2 N–H and O–H groups in total. The molecule has 2 aromatic rings. The number of hydrogen-bond donors (Lipinski definition) is 1. The normalized spacial score (nSPS) is 11.5. The number of carbonyl (C=O) groups is 1. The summed E-state index contributed by atoms with van der Waals surface area (Å²) in [5, 5.41) is 0. The number of alkyl halides is 2. The van der Waals surface area contributed by atoms with Crippen LogP contribution in [0.3, 0.4) is 0 Å². The Hall–Kier alpha value is -2.53. The van der Waals surface area contributed by atoms with Gasteiger partial charge in [-0.25, -0.2) is 8.78 Å². The predicted molar refractivity (Wildman–Crippen MR) is 132 cm³/mol. The zero-order valence-electron chi connectivity index (χ0n) is 21.0. The molecule has 0 saturated heterocycles. The molecule has 0 heterocycles. The third-order valence-electron chi connectivity index (χ3n) is 4.56. The van der Waals surface area contributed by atoms with Crippen LogP contribution < -0.4 is 5.73 Å². The number of nitrogens with two attached hydrogens (primary N) is 1. The van der Waals surface area contributed by atoms with Crippen molar-refractivity contribution in [3.63, 3.8) is 0 Å². The molecule has 0 radical (unpaired) electrons. The number of aryl methyl sites for hydroxylation is 1. The van der Waals surface area contributed by atoms with Crippen LogP contribution in [-0.4, -0.2) is 25.9 Å². The summed E-state index contributed by atoms with van der Waals surface area (Å²) in [5.74, 6) is 0.153. The molecule has 1 atom stereocenters. The zero-order valence-corrected chi connectivity index (χ0v) is 21.0. The summed E-state index contributed by atoms with van der Waals surface area (Å²) in [6, 6.07) is 16.3. The number of carbonyl (C=O) groups excluding carboxylic acids is 1. The number of allylic oxidation sites excluding steroid dienone is 1. The van der Waals surface area contributed by atoms with E-state index in [-0.39, 0.29) is 5.78 Å². The van der Waals surface area contributed by atoms with Gasteiger partial charge in [-0.2, -0.15) is 0 Å². The molecular formula is C27H41F2NO2. The molecule has 0 aliphatic rings. The van der Waals surface area contributed by atoms with E-state index < -0.39 is 11.8 Å². The van der Waals surface area contributed by atoms with Crippen molar-refractivity contribution < 1.29 is 18.3 Å². The van der Waals surface area contributed by atoms with Crippen LogP contribution in [0.5, 0.6) is 0 Å². The van der Waals surface area contributed by atoms with E-state index in [0.29, 0.717) is 12.3 Å². The van der Waals surface area contributed by atoms with Crippen LogP contribution in [0.15, 0.2) is 60.8 Å². The Balaban J connectivity index is 0. The molecule has 0 aliphatic carbocycles. The quantitative estimate of drug-likeness (QED) is 0.524. The number of hydrogen-bond acceptors (Lipinski definition) is 3. The summed E-state index contributed by atoms with van der Waals surface area (Å²) in [4.78, 5) is 12.5. The largest absolute Gasteiger partial charge is 0.403 e. The van der Waals surface area contributed by atoms with E-state index in [1.807, 2.05) is 51.1 Å². The van der Waals surface area contributed by atoms with Gasteiger partial charge in [0, 0.05) is 7.11 Å². The second-order valence-corrected chi connectivity index (χ2v) is 7.30. The van der Waals surface area contributed by atoms with Crippen molar-refractivity contribution in [3.05, 3.63) is 83.1 Å². The second kappa shape index (κ2) is 17.1. The summed E-state index contributed by atoms with van der Waals surface area (Å²) in [5.41, 5.74) is 9.52. The third-order valence-corrected chi connectivity index (χ3v) is 4.56. The first-order chi connectivity index (χ1) is 15.0. The van der Waals surface area contributed by atoms with Crippen molar-refractivity contribution in [2.75, 3.05) is 13.7 Å². The molecule has 2 rings (SSSR count). The van der Waals surface area contributed by atoms with E-state index >= 15 is 0 Å². The van der Waals surface area contributed by atoms with Gasteiger partial charge in [0.1, 0.15) is 5.78 Å². The Morgan fingerprint density at radius 3 is 1.97 bits per heavy atom. The van der Waals surface area contributed by atoms with Gasteiger partial charge in [-0.3, -0.25) is 4.79 Å². The standard InChI is InChI=1S/C20H24O2.C3H7N.C2H4F2.C2H6/c1-15-10-11-19(14-17(15)12-13-22-4)20(3,16(2)21)18-8-6-5-7-9-18;1-3(2)4;1-2(3)4;1-2/h5-11,14H,12-13H2,1-4H3;1,4H2,2H3;2H,1H3;1-2H3. The molecule has 1 unspecified atom stereocenters. The van der Waals surface area contributed by atoms with Gasteiger partial charge < -0.3 is 10.5 Å². The molecule has 180 valence electrons. The van der Waals surface area contributed by atoms with E-state index in [1.54, 1.807) is 21.0 Å². The average Bonchev–Trinajstić information content (AvgIpc) is 2.73. The zero-order chi connectivity index (χ0) is 25.3. The van der Waals surface area contributed by atoms with Gasteiger partial charge in [0.2, 0.25) is 6.43 Å². The number of halogens is 2. The summed E-state index contributed by atoms with van der Waals surface area (Å²) < 4.78 is 25.9. The maximum absolute atomic E-state index is 12.5. The fourth-order valence-electron chi connectivity index (χ4n) is 2.81. The Labute approximate surface area is 193 Å². The summed E-state index contributed by atoms with van der Waals surface area (Å²) >= 11 is 0. The molecule has 5 heteroatoms. The minimum Gasteiger partial charge on any atom is -0.403 e. The van der Waals surface area contributed by atoms with Gasteiger partial charge in [-0.1, -0.05) is 69.0 Å². The van der Waals surface area contributed by atoms with Crippen LogP contribution >= 0.6 is 0 Å². The Kier molecular flexibility index (Phi) is 16.9. The van der Waals surface area contributed by atoms with Gasteiger partial charge in [0.15, 0.2) is 0 Å². The fourth-order valence-corrected chi connectivity index (χ4v) is 2.81. The van der Waals surface area contributed by atoms with Gasteiger partial charge in [0.05, 0.1) is 12.0 Å². The van der Waals surface area contributed by atoms with Crippen molar-refractivity contribution in [1.82, 2.24) is 0 Å². The van der Waals surface area contributed by atoms with Gasteiger partial charge in [0.25, 0.3) is 0 Å². The van der Waals surface area contributed by atoms with Gasteiger partial charge in [-0.05, 0) is 69.0 Å². The highest BCUT2D eigenvalue weighted by atomic mass is 19.3. The van der Waals surface area contributed by atoms with E-state index in [9.17, 15) is 13.6 Å². The van der Waals surface area contributed by atoms with Crippen LogP contribution in [0.25, 0.3) is 0 Å². The monoisotopic (exact) mass is 449 g/mol. The number of Topliss-reactive ketones (excluding diaryl/α,β-unsaturated/α-hetero) is 1. The highest BCUT2D eigenvalue weighted by molar-refractivity contribution is 5.91. The number of ether oxygens (including phenoxy) is 1. The van der Waals surface area contributed by atoms with Gasteiger partial charge in [-0.15, -0.1) is 0 Å². The molecular weight excluding hydrogens is 408 g/mol. The molecule has 0 amide bonds. The Morgan fingerprint density at radius 2 is 1.56 bits per heavy atom. The minimum atomic E-state index is -2.17. The van der Waals surface area contributed by atoms with E-state index in [0.717, 1.165) is 24.5 Å². The first-order valence-corrected chi connectivity index (χ1v) is 10.8. The Bertz CT molecular complexity index is 785. The maximum atomic E-state index is 12.5. The first-order valence-electron chi connectivity index (χ1n) is 10.8. The van der Waals surface area contributed by atoms with Crippen LogP contribution in [0, 0.1) is 6.92 Å². The molecule has 32 heavy (non-hydrogen) atoms. The number of benzene rings is 2. The van der Waals surface area contributed by atoms with Crippen LogP contribution in [0.1, 0.15) is 63.8 Å². The molecule has 0 spiro atoms. The molecule has 0 bridgehead atoms. The molecule has 0 saturated carbocycles. The van der Waals surface area contributed by atoms with Crippen molar-refractivity contribution in [3.8, 4) is 0 Å². The topological polar surface area (TPSA) is 52.3 Å². The maximum Gasteiger partial charge on any atom is 0.235 e. The second-order valence-electron chi connectivity index (χ2n) is 7.30. The van der Waals surface area contributed by atoms with Crippen molar-refractivity contribution in [1.29, 1.82) is 0 Å². The molecule has 2 aromatic carbocycles. The van der Waals surface area contributed by atoms with Crippen molar-refractivity contribution >= 4 is 5.78 Å². The number of rotatable bonds is 6. The summed E-state index contributed by atoms with van der Waals surface area (Å²) in [6.07, 6.45) is -1.31. The van der Waals surface area contributed by atoms with E-state index in [1.165, 1.54) is 11.1 Å². The molecule has 0 aliphatic heterocycles. The van der Waals surface area contributed by atoms with Crippen molar-refractivity contribution in [2.24, 2.45) is 5.73 Å². The van der Waals surface area contributed by atoms with Crippen LogP contribution in [0.4, 0.5) is 8.78 Å². The third kappa shape index (κ3) is 11.8. The smallest absolute Gasteiger partial charge is 0.235 e.